The van der Waals surface area contributed by atoms with Crippen LogP contribution in [0.15, 0.2) is 24.3 Å². The Morgan fingerprint density at radius 2 is 2.11 bits per heavy atom. The van der Waals surface area contributed by atoms with Crippen molar-refractivity contribution in [2.75, 3.05) is 24.8 Å². The van der Waals surface area contributed by atoms with E-state index in [2.05, 4.69) is 13.2 Å². The Kier molecular flexibility index (Phi) is 6.05. The van der Waals surface area contributed by atoms with Crippen LogP contribution >= 0.6 is 11.8 Å². The summed E-state index contributed by atoms with van der Waals surface area (Å²) in [6.45, 7) is 2.11. The minimum atomic E-state index is 0.133. The molecule has 4 heteroatoms. The molecule has 0 saturated carbocycles. The third-order valence-corrected chi connectivity index (χ3v) is 3.89. The number of benzene rings is 1. The van der Waals surface area contributed by atoms with E-state index in [0.717, 1.165) is 17.7 Å². The summed E-state index contributed by atoms with van der Waals surface area (Å²) >= 11 is 1.77. The van der Waals surface area contributed by atoms with Gasteiger partial charge in [0, 0.05) is 24.5 Å². The van der Waals surface area contributed by atoms with Crippen LogP contribution < -0.4 is 5.73 Å². The Bertz CT molecular complexity index is 395. The van der Waals surface area contributed by atoms with Crippen molar-refractivity contribution in [3.05, 3.63) is 29.8 Å². The van der Waals surface area contributed by atoms with Crippen molar-refractivity contribution >= 4 is 23.4 Å². The zero-order valence-electron chi connectivity index (χ0n) is 11.3. The van der Waals surface area contributed by atoms with Gasteiger partial charge in [0.15, 0.2) is 0 Å². The second-order valence-electron chi connectivity index (χ2n) is 4.40. The highest BCUT2D eigenvalue weighted by Gasteiger charge is 2.18. The smallest absolute Gasteiger partial charge is 0.227 e. The van der Waals surface area contributed by atoms with Gasteiger partial charge in [0.2, 0.25) is 5.91 Å². The van der Waals surface area contributed by atoms with Crippen LogP contribution in [0.1, 0.15) is 18.9 Å². The zero-order chi connectivity index (χ0) is 13.5. The second-order valence-corrected chi connectivity index (χ2v) is 5.31. The largest absolute Gasteiger partial charge is 0.398 e. The third kappa shape index (κ3) is 3.95. The van der Waals surface area contributed by atoms with Gasteiger partial charge in [0.1, 0.15) is 0 Å². The molecule has 0 aliphatic carbocycles. The van der Waals surface area contributed by atoms with E-state index in [9.17, 15) is 4.79 Å². The van der Waals surface area contributed by atoms with E-state index in [1.165, 1.54) is 0 Å². The van der Waals surface area contributed by atoms with Gasteiger partial charge in [-0.3, -0.25) is 4.79 Å². The molecule has 2 N–H and O–H groups in total. The summed E-state index contributed by atoms with van der Waals surface area (Å²) in [5.41, 5.74) is 7.46. The molecule has 1 aromatic carbocycles. The first-order valence-corrected chi connectivity index (χ1v) is 7.57. The predicted octanol–water partition coefficient (Wildman–Crippen LogP) is 2.41. The summed E-state index contributed by atoms with van der Waals surface area (Å²) < 4.78 is 0. The zero-order valence-corrected chi connectivity index (χ0v) is 12.2. The molecule has 0 heterocycles. The van der Waals surface area contributed by atoms with Crippen LogP contribution in [-0.4, -0.2) is 35.9 Å². The van der Waals surface area contributed by atoms with Gasteiger partial charge < -0.3 is 10.6 Å². The highest BCUT2D eigenvalue weighted by atomic mass is 32.2. The molecule has 1 amide bonds. The minimum Gasteiger partial charge on any atom is -0.398 e. The molecule has 1 rings (SSSR count). The monoisotopic (exact) mass is 266 g/mol. The summed E-state index contributed by atoms with van der Waals surface area (Å²) in [7, 11) is 1.88. The summed E-state index contributed by atoms with van der Waals surface area (Å²) in [4.78, 5) is 14.1. The molecule has 1 unspecified atom stereocenters. The normalized spacial score (nSPS) is 12.2. The first kappa shape index (κ1) is 14.9. The molecule has 0 bridgehead atoms. The number of likely N-dealkylation sites (N-methyl/N-ethyl adjacent to an activating group) is 1. The number of rotatable bonds is 6. The van der Waals surface area contributed by atoms with Crippen LogP contribution in [0, 0.1) is 0 Å². The average Bonchev–Trinajstić information content (AvgIpc) is 2.37. The molecule has 0 aliphatic heterocycles. The topological polar surface area (TPSA) is 46.3 Å². The van der Waals surface area contributed by atoms with Crippen LogP contribution in [-0.2, 0) is 11.2 Å². The van der Waals surface area contributed by atoms with E-state index < -0.39 is 0 Å². The van der Waals surface area contributed by atoms with Crippen molar-refractivity contribution in [2.45, 2.75) is 25.8 Å². The first-order valence-electron chi connectivity index (χ1n) is 6.18. The second kappa shape index (κ2) is 7.31. The van der Waals surface area contributed by atoms with Crippen molar-refractivity contribution in [3.8, 4) is 0 Å². The molecule has 100 valence electrons. The average molecular weight is 266 g/mol. The lowest BCUT2D eigenvalue weighted by atomic mass is 10.1. The lowest BCUT2D eigenvalue weighted by molar-refractivity contribution is -0.130. The summed E-state index contributed by atoms with van der Waals surface area (Å²) in [6, 6.07) is 7.85. The molecule has 0 fully saturated rings. The van der Waals surface area contributed by atoms with E-state index in [1.807, 2.05) is 36.2 Å². The molecule has 1 atom stereocenters. The number of hydrogen-bond acceptors (Lipinski definition) is 3. The van der Waals surface area contributed by atoms with Crippen molar-refractivity contribution < 1.29 is 4.79 Å². The predicted molar refractivity (Wildman–Crippen MR) is 79.8 cm³/mol. The molecule has 0 radical (unpaired) electrons. The number of nitrogens with two attached hydrogens (primary N) is 1. The number of anilines is 1. The Balaban J connectivity index is 2.67. The lowest BCUT2D eigenvalue weighted by Gasteiger charge is -2.27. The first-order chi connectivity index (χ1) is 8.60. The Labute approximate surface area is 114 Å². The molecule has 0 aliphatic rings. The summed E-state index contributed by atoms with van der Waals surface area (Å²) in [5, 5.41) is 0. The highest BCUT2D eigenvalue weighted by molar-refractivity contribution is 7.98. The van der Waals surface area contributed by atoms with Crippen molar-refractivity contribution in [1.29, 1.82) is 0 Å². The lowest BCUT2D eigenvalue weighted by Crippen LogP contribution is -2.39. The number of para-hydroxylation sites is 1. The van der Waals surface area contributed by atoms with Gasteiger partial charge in [0.25, 0.3) is 0 Å². The molecule has 1 aromatic rings. The highest BCUT2D eigenvalue weighted by Crippen LogP contribution is 2.14. The maximum absolute atomic E-state index is 12.2. The van der Waals surface area contributed by atoms with Crippen LogP contribution in [0.3, 0.4) is 0 Å². The molecule has 18 heavy (non-hydrogen) atoms. The number of carbonyl (C=O) groups excluding carboxylic acids is 1. The van der Waals surface area contributed by atoms with E-state index in [4.69, 9.17) is 5.73 Å². The third-order valence-electron chi connectivity index (χ3n) is 3.17. The molecule has 0 saturated heterocycles. The quantitative estimate of drug-likeness (QED) is 0.804. The molecule has 0 spiro atoms. The SMILES string of the molecule is CCC(CSC)N(C)C(=O)Cc1ccccc1N. The van der Waals surface area contributed by atoms with E-state index in [-0.39, 0.29) is 5.91 Å². The molecule has 3 nitrogen and oxygen atoms in total. The van der Waals surface area contributed by atoms with Gasteiger partial charge in [-0.1, -0.05) is 25.1 Å². The number of nitrogen functional groups attached to an aromatic ring is 1. The maximum Gasteiger partial charge on any atom is 0.227 e. The van der Waals surface area contributed by atoms with E-state index in [0.29, 0.717) is 18.2 Å². The van der Waals surface area contributed by atoms with Crippen LogP contribution in [0.25, 0.3) is 0 Å². The van der Waals surface area contributed by atoms with Gasteiger partial charge in [0.05, 0.1) is 6.42 Å². The summed E-state index contributed by atoms with van der Waals surface area (Å²) in [5.74, 6) is 1.11. The van der Waals surface area contributed by atoms with E-state index >= 15 is 0 Å². The van der Waals surface area contributed by atoms with Crippen molar-refractivity contribution in [3.63, 3.8) is 0 Å². The van der Waals surface area contributed by atoms with Gasteiger partial charge in [-0.05, 0) is 24.3 Å². The van der Waals surface area contributed by atoms with Gasteiger partial charge in [-0.25, -0.2) is 0 Å². The van der Waals surface area contributed by atoms with Crippen LogP contribution in [0.2, 0.25) is 0 Å². The molecule has 0 aromatic heterocycles. The van der Waals surface area contributed by atoms with Gasteiger partial charge in [-0.15, -0.1) is 0 Å². The fraction of sp³-hybridized carbons (Fsp3) is 0.500. The fourth-order valence-corrected chi connectivity index (χ4v) is 2.73. The number of amides is 1. The van der Waals surface area contributed by atoms with Crippen LogP contribution in [0.5, 0.6) is 0 Å². The Morgan fingerprint density at radius 3 is 2.67 bits per heavy atom. The minimum absolute atomic E-state index is 0.133. The maximum atomic E-state index is 12.2. The van der Waals surface area contributed by atoms with Crippen LogP contribution in [0.4, 0.5) is 5.69 Å². The molecular weight excluding hydrogens is 244 g/mol. The van der Waals surface area contributed by atoms with E-state index in [1.54, 1.807) is 11.8 Å². The van der Waals surface area contributed by atoms with Crippen molar-refractivity contribution in [2.24, 2.45) is 0 Å². The summed E-state index contributed by atoms with van der Waals surface area (Å²) in [6.07, 6.45) is 3.43. The number of thioether (sulfide) groups is 1. The van der Waals surface area contributed by atoms with Gasteiger partial charge in [-0.2, -0.15) is 11.8 Å². The number of carbonyl (C=O) groups is 1. The number of hydrogen-bond donors (Lipinski definition) is 1. The fourth-order valence-electron chi connectivity index (χ4n) is 1.88. The number of nitrogens with zero attached hydrogens (tertiary/aromatic N) is 1. The Hall–Kier alpha value is -1.16. The Morgan fingerprint density at radius 1 is 1.44 bits per heavy atom. The molecular formula is C14H22N2OS. The van der Waals surface area contributed by atoms with Gasteiger partial charge >= 0.3 is 0 Å². The van der Waals surface area contributed by atoms with Crippen molar-refractivity contribution in [1.82, 2.24) is 4.90 Å². The standard InChI is InChI=1S/C14H22N2OS/c1-4-12(10-18-3)16(2)14(17)9-11-7-5-6-8-13(11)15/h5-8,12H,4,9-10,15H2,1-3H3.